The van der Waals surface area contributed by atoms with Gasteiger partial charge in [-0.1, -0.05) is 40.2 Å². The Morgan fingerprint density at radius 2 is 1.86 bits per heavy atom. The lowest BCUT2D eigenvalue weighted by atomic mass is 9.69. The van der Waals surface area contributed by atoms with E-state index in [0.717, 1.165) is 15.6 Å². The van der Waals surface area contributed by atoms with Gasteiger partial charge in [0.15, 0.2) is 0 Å². The van der Waals surface area contributed by atoms with Crippen molar-refractivity contribution in [2.75, 3.05) is 6.54 Å². The summed E-state index contributed by atoms with van der Waals surface area (Å²) in [5, 5.41) is 9.17. The van der Waals surface area contributed by atoms with Gasteiger partial charge in [0.2, 0.25) is 5.91 Å². The average molecular weight is 448 g/mol. The fourth-order valence-electron chi connectivity index (χ4n) is 4.02. The average Bonchev–Trinajstić information content (AvgIpc) is 2.67. The zero-order chi connectivity index (χ0) is 20.3. The number of carboxylic acid groups (broad SMARTS) is 1. The number of amides is 1. The number of carbonyl (C=O) groups is 2. The van der Waals surface area contributed by atoms with E-state index in [-0.39, 0.29) is 30.6 Å². The van der Waals surface area contributed by atoms with E-state index >= 15 is 0 Å². The highest BCUT2D eigenvalue weighted by Crippen LogP contribution is 2.42. The molecule has 148 valence electrons. The smallest absolute Gasteiger partial charge is 0.303 e. The van der Waals surface area contributed by atoms with Crippen molar-refractivity contribution in [2.24, 2.45) is 0 Å². The molecule has 0 aromatic heterocycles. The number of piperidine rings is 1. The third kappa shape index (κ3) is 4.43. The van der Waals surface area contributed by atoms with Crippen molar-refractivity contribution in [3.05, 3.63) is 69.9 Å². The number of carboxylic acids is 1. The van der Waals surface area contributed by atoms with Crippen LogP contribution in [0.1, 0.15) is 49.8 Å². The van der Waals surface area contributed by atoms with Crippen LogP contribution >= 0.6 is 15.9 Å². The standard InChI is InChI=1S/C22H23BrFNO3/c1-15(16-2-6-18(23)7-3-16)25-13-12-22(14-20(25)26,11-10-21(27)28)17-4-8-19(24)9-5-17/h2-9,15H,10-14H2,1H3,(H,27,28)/t15-,22-/m0/s1. The molecule has 0 saturated carbocycles. The van der Waals surface area contributed by atoms with Gasteiger partial charge in [-0.2, -0.15) is 0 Å². The normalized spacial score (nSPS) is 20.8. The first-order chi connectivity index (χ1) is 13.3. The SMILES string of the molecule is C[C@@H](c1ccc(Br)cc1)N1CC[C@](CCC(=O)O)(c2ccc(F)cc2)CC1=O. The Balaban J connectivity index is 1.83. The Labute approximate surface area is 172 Å². The first-order valence-corrected chi connectivity index (χ1v) is 10.1. The molecule has 1 N–H and O–H groups in total. The van der Waals surface area contributed by atoms with Gasteiger partial charge in [-0.15, -0.1) is 0 Å². The number of nitrogens with zero attached hydrogens (tertiary/aromatic N) is 1. The summed E-state index contributed by atoms with van der Waals surface area (Å²) in [6.45, 7) is 2.54. The molecule has 1 aliphatic heterocycles. The van der Waals surface area contributed by atoms with Crippen LogP contribution in [0.4, 0.5) is 4.39 Å². The Morgan fingerprint density at radius 3 is 2.43 bits per heavy atom. The number of aliphatic carboxylic acids is 1. The molecule has 0 aliphatic carbocycles. The van der Waals surface area contributed by atoms with Crippen LogP contribution < -0.4 is 0 Å². The number of carbonyl (C=O) groups excluding carboxylic acids is 1. The molecule has 0 bridgehead atoms. The summed E-state index contributed by atoms with van der Waals surface area (Å²) in [6, 6.07) is 13.9. The van der Waals surface area contributed by atoms with E-state index in [1.165, 1.54) is 12.1 Å². The number of hydrogen-bond acceptors (Lipinski definition) is 2. The second-order valence-electron chi connectivity index (χ2n) is 7.42. The number of benzene rings is 2. The minimum atomic E-state index is -0.889. The molecule has 0 radical (unpaired) electrons. The zero-order valence-corrected chi connectivity index (χ0v) is 17.3. The molecular formula is C22H23BrFNO3. The van der Waals surface area contributed by atoms with Gasteiger partial charge in [-0.3, -0.25) is 9.59 Å². The van der Waals surface area contributed by atoms with Crippen molar-refractivity contribution in [1.82, 2.24) is 4.90 Å². The van der Waals surface area contributed by atoms with Gasteiger partial charge in [-0.25, -0.2) is 4.39 Å². The molecule has 1 saturated heterocycles. The van der Waals surface area contributed by atoms with Crippen LogP contribution in [0, 0.1) is 5.82 Å². The van der Waals surface area contributed by atoms with Gasteiger partial charge < -0.3 is 10.0 Å². The molecule has 2 atom stereocenters. The predicted molar refractivity (Wildman–Crippen MR) is 108 cm³/mol. The Kier molecular flexibility index (Phi) is 6.18. The number of hydrogen-bond donors (Lipinski definition) is 1. The summed E-state index contributed by atoms with van der Waals surface area (Å²) in [4.78, 5) is 26.1. The number of rotatable bonds is 6. The Morgan fingerprint density at radius 1 is 1.21 bits per heavy atom. The fourth-order valence-corrected chi connectivity index (χ4v) is 4.29. The van der Waals surface area contributed by atoms with Crippen LogP contribution in [0.15, 0.2) is 53.0 Å². The summed E-state index contributed by atoms with van der Waals surface area (Å²) in [6.07, 6.45) is 1.22. The molecule has 3 rings (SSSR count). The lowest BCUT2D eigenvalue weighted by Crippen LogP contribution is -2.47. The Hall–Kier alpha value is -2.21. The number of likely N-dealkylation sites (tertiary alicyclic amines) is 1. The fraction of sp³-hybridized carbons (Fsp3) is 0.364. The monoisotopic (exact) mass is 447 g/mol. The van der Waals surface area contributed by atoms with Crippen molar-refractivity contribution in [2.45, 2.75) is 44.1 Å². The maximum atomic E-state index is 13.4. The van der Waals surface area contributed by atoms with Crippen LogP contribution in [0.3, 0.4) is 0 Å². The summed E-state index contributed by atoms with van der Waals surface area (Å²) < 4.78 is 14.4. The first-order valence-electron chi connectivity index (χ1n) is 9.33. The van der Waals surface area contributed by atoms with Crippen molar-refractivity contribution >= 4 is 27.8 Å². The quantitative estimate of drug-likeness (QED) is 0.671. The maximum Gasteiger partial charge on any atom is 0.303 e. The molecule has 1 aliphatic rings. The lowest BCUT2D eigenvalue weighted by molar-refractivity contribution is -0.141. The second kappa shape index (κ2) is 8.43. The third-order valence-corrected chi connectivity index (χ3v) is 6.26. The summed E-state index contributed by atoms with van der Waals surface area (Å²) in [7, 11) is 0. The molecule has 6 heteroatoms. The minimum absolute atomic E-state index is 0.00335. The second-order valence-corrected chi connectivity index (χ2v) is 8.34. The predicted octanol–water partition coefficient (Wildman–Crippen LogP) is 5.07. The molecule has 4 nitrogen and oxygen atoms in total. The molecule has 0 unspecified atom stereocenters. The van der Waals surface area contributed by atoms with Gasteiger partial charge in [0.25, 0.3) is 0 Å². The molecule has 1 amide bonds. The van der Waals surface area contributed by atoms with Crippen molar-refractivity contribution in [3.63, 3.8) is 0 Å². The highest BCUT2D eigenvalue weighted by atomic mass is 79.9. The van der Waals surface area contributed by atoms with E-state index in [9.17, 15) is 14.0 Å². The maximum absolute atomic E-state index is 13.4. The van der Waals surface area contributed by atoms with Crippen LogP contribution in [0.25, 0.3) is 0 Å². The van der Waals surface area contributed by atoms with Gasteiger partial charge in [-0.05, 0) is 55.2 Å². The lowest BCUT2D eigenvalue weighted by Gasteiger charge is -2.44. The molecule has 2 aromatic carbocycles. The summed E-state index contributed by atoms with van der Waals surface area (Å²) in [5.74, 6) is -1.24. The van der Waals surface area contributed by atoms with E-state index in [4.69, 9.17) is 5.11 Å². The van der Waals surface area contributed by atoms with E-state index in [1.807, 2.05) is 36.1 Å². The highest BCUT2D eigenvalue weighted by molar-refractivity contribution is 9.10. The van der Waals surface area contributed by atoms with E-state index in [1.54, 1.807) is 12.1 Å². The van der Waals surface area contributed by atoms with E-state index in [0.29, 0.717) is 19.4 Å². The number of halogens is 2. The van der Waals surface area contributed by atoms with Crippen molar-refractivity contribution < 1.29 is 19.1 Å². The Bertz CT molecular complexity index is 853. The topological polar surface area (TPSA) is 57.6 Å². The molecule has 28 heavy (non-hydrogen) atoms. The zero-order valence-electron chi connectivity index (χ0n) is 15.7. The van der Waals surface area contributed by atoms with Crippen LogP contribution in [0.5, 0.6) is 0 Å². The van der Waals surface area contributed by atoms with Crippen LogP contribution in [-0.2, 0) is 15.0 Å². The van der Waals surface area contributed by atoms with E-state index < -0.39 is 11.4 Å². The largest absolute Gasteiger partial charge is 0.481 e. The minimum Gasteiger partial charge on any atom is -0.481 e. The van der Waals surface area contributed by atoms with Gasteiger partial charge >= 0.3 is 5.97 Å². The summed E-state index contributed by atoms with van der Waals surface area (Å²) in [5.41, 5.74) is 1.31. The summed E-state index contributed by atoms with van der Waals surface area (Å²) >= 11 is 3.42. The molecular weight excluding hydrogens is 425 g/mol. The molecule has 2 aromatic rings. The van der Waals surface area contributed by atoms with Crippen molar-refractivity contribution in [1.29, 1.82) is 0 Å². The van der Waals surface area contributed by atoms with Gasteiger partial charge in [0, 0.05) is 29.3 Å². The first kappa shape index (κ1) is 20.5. The molecule has 0 spiro atoms. The van der Waals surface area contributed by atoms with E-state index in [2.05, 4.69) is 15.9 Å². The van der Waals surface area contributed by atoms with Crippen molar-refractivity contribution in [3.8, 4) is 0 Å². The van der Waals surface area contributed by atoms with Gasteiger partial charge in [0.1, 0.15) is 5.82 Å². The molecule has 1 heterocycles. The highest BCUT2D eigenvalue weighted by Gasteiger charge is 2.41. The third-order valence-electron chi connectivity index (χ3n) is 5.74. The van der Waals surface area contributed by atoms with Crippen LogP contribution in [0.2, 0.25) is 0 Å². The van der Waals surface area contributed by atoms with Gasteiger partial charge in [0.05, 0.1) is 6.04 Å². The molecule has 1 fully saturated rings. The van der Waals surface area contributed by atoms with Crippen LogP contribution in [-0.4, -0.2) is 28.4 Å².